The van der Waals surface area contributed by atoms with Gasteiger partial charge in [0.15, 0.2) is 0 Å². The Morgan fingerprint density at radius 1 is 0.867 bits per heavy atom. The number of hydrogen-bond donors (Lipinski definition) is 1. The van der Waals surface area contributed by atoms with E-state index in [-0.39, 0.29) is 18.1 Å². The lowest BCUT2D eigenvalue weighted by molar-refractivity contribution is -0.137. The van der Waals surface area contributed by atoms with Gasteiger partial charge in [-0.1, -0.05) is 42.5 Å². The largest absolute Gasteiger partial charge is 0.497 e. The van der Waals surface area contributed by atoms with Crippen molar-refractivity contribution in [3.05, 3.63) is 102 Å². The Bertz CT molecular complexity index is 1110. The van der Waals surface area contributed by atoms with E-state index in [1.807, 2.05) is 18.2 Å². The fraction of sp³-hybridized carbons (Fsp3) is 0.0833. The van der Waals surface area contributed by atoms with Crippen LogP contribution in [0, 0.1) is 5.82 Å². The standard InChI is InChI=1S/C24H19FN2O3/c1-30-20-13-11-19(12-14-20)26-22-21(17-5-3-2-4-6-17)23(28)27(24(22)29)15-16-7-9-18(25)10-8-16/h2-14,26H,15H2,1H3. The van der Waals surface area contributed by atoms with E-state index in [2.05, 4.69) is 5.32 Å². The molecular formula is C24H19FN2O3. The molecule has 2 amide bonds. The number of rotatable bonds is 6. The third-order valence-electron chi connectivity index (χ3n) is 4.84. The number of carbonyl (C=O) groups excluding carboxylic acids is 2. The summed E-state index contributed by atoms with van der Waals surface area (Å²) in [5.41, 5.74) is 2.48. The highest BCUT2D eigenvalue weighted by molar-refractivity contribution is 6.36. The number of imide groups is 1. The molecule has 0 aromatic heterocycles. The molecule has 1 aliphatic rings. The van der Waals surface area contributed by atoms with E-state index in [1.165, 1.54) is 17.0 Å². The second-order valence-corrected chi connectivity index (χ2v) is 6.79. The van der Waals surface area contributed by atoms with Crippen molar-refractivity contribution in [2.45, 2.75) is 6.54 Å². The van der Waals surface area contributed by atoms with E-state index in [0.29, 0.717) is 28.1 Å². The summed E-state index contributed by atoms with van der Waals surface area (Å²) < 4.78 is 18.4. The number of halogens is 1. The topological polar surface area (TPSA) is 58.6 Å². The van der Waals surface area contributed by atoms with E-state index in [0.717, 1.165) is 0 Å². The van der Waals surface area contributed by atoms with Gasteiger partial charge in [-0.15, -0.1) is 0 Å². The number of methoxy groups -OCH3 is 1. The van der Waals surface area contributed by atoms with E-state index in [1.54, 1.807) is 55.6 Å². The van der Waals surface area contributed by atoms with Crippen molar-refractivity contribution >= 4 is 23.1 Å². The van der Waals surface area contributed by atoms with Crippen molar-refractivity contribution in [2.75, 3.05) is 12.4 Å². The minimum atomic E-state index is -0.431. The summed E-state index contributed by atoms with van der Waals surface area (Å²) in [6.07, 6.45) is 0. The molecule has 1 heterocycles. The predicted molar refractivity (Wildman–Crippen MR) is 112 cm³/mol. The first-order chi connectivity index (χ1) is 14.6. The normalized spacial score (nSPS) is 13.7. The highest BCUT2D eigenvalue weighted by atomic mass is 19.1. The molecule has 0 unspecified atom stereocenters. The van der Waals surface area contributed by atoms with Crippen LogP contribution >= 0.6 is 0 Å². The van der Waals surface area contributed by atoms with Crippen molar-refractivity contribution < 1.29 is 18.7 Å². The van der Waals surface area contributed by atoms with E-state index < -0.39 is 11.8 Å². The van der Waals surface area contributed by atoms with Gasteiger partial charge in [0.2, 0.25) is 0 Å². The minimum absolute atomic E-state index is 0.0576. The molecule has 0 aliphatic carbocycles. The first kappa shape index (κ1) is 19.4. The Kier molecular flexibility index (Phi) is 5.30. The van der Waals surface area contributed by atoms with Crippen LogP contribution in [0.25, 0.3) is 5.57 Å². The summed E-state index contributed by atoms with van der Waals surface area (Å²) in [5, 5.41) is 3.10. The molecule has 0 spiro atoms. The number of benzene rings is 3. The summed E-state index contributed by atoms with van der Waals surface area (Å²) in [5.74, 6) is -0.516. The highest BCUT2D eigenvalue weighted by Gasteiger charge is 2.39. The molecule has 0 saturated heterocycles. The number of hydrogen-bond acceptors (Lipinski definition) is 4. The average Bonchev–Trinajstić information content (AvgIpc) is 3.00. The van der Waals surface area contributed by atoms with Crippen LogP contribution in [0.5, 0.6) is 5.75 Å². The van der Waals surface area contributed by atoms with E-state index in [9.17, 15) is 14.0 Å². The fourth-order valence-electron chi connectivity index (χ4n) is 3.30. The molecular weight excluding hydrogens is 383 g/mol. The maximum atomic E-state index is 13.2. The Morgan fingerprint density at radius 3 is 2.17 bits per heavy atom. The third kappa shape index (κ3) is 3.80. The number of nitrogens with zero attached hydrogens (tertiary/aromatic N) is 1. The summed E-state index contributed by atoms with van der Waals surface area (Å²) in [4.78, 5) is 27.6. The number of nitrogens with one attached hydrogen (secondary N) is 1. The maximum Gasteiger partial charge on any atom is 0.278 e. The summed E-state index contributed by atoms with van der Waals surface area (Å²) in [6, 6.07) is 21.9. The molecule has 0 radical (unpaired) electrons. The van der Waals surface area contributed by atoms with Gasteiger partial charge in [0.25, 0.3) is 11.8 Å². The first-order valence-corrected chi connectivity index (χ1v) is 9.38. The molecule has 150 valence electrons. The molecule has 30 heavy (non-hydrogen) atoms. The molecule has 6 heteroatoms. The fourth-order valence-corrected chi connectivity index (χ4v) is 3.30. The van der Waals surface area contributed by atoms with Crippen LogP contribution < -0.4 is 10.1 Å². The van der Waals surface area contributed by atoms with Crippen molar-refractivity contribution in [2.24, 2.45) is 0 Å². The molecule has 1 aliphatic heterocycles. The SMILES string of the molecule is COc1ccc(NC2=C(c3ccccc3)C(=O)N(Cc3ccc(F)cc3)C2=O)cc1. The highest BCUT2D eigenvalue weighted by Crippen LogP contribution is 2.31. The molecule has 3 aromatic carbocycles. The maximum absolute atomic E-state index is 13.2. The third-order valence-corrected chi connectivity index (χ3v) is 4.84. The lowest BCUT2D eigenvalue weighted by Gasteiger charge is -2.15. The smallest absolute Gasteiger partial charge is 0.278 e. The van der Waals surface area contributed by atoms with Crippen LogP contribution in [-0.2, 0) is 16.1 Å². The van der Waals surface area contributed by atoms with Gasteiger partial charge in [-0.25, -0.2) is 4.39 Å². The Labute approximate surface area is 173 Å². The predicted octanol–water partition coefficient (Wildman–Crippen LogP) is 4.23. The number of carbonyl (C=O) groups is 2. The summed E-state index contributed by atoms with van der Waals surface area (Å²) in [6.45, 7) is 0.0576. The van der Waals surface area contributed by atoms with Gasteiger partial charge in [0.1, 0.15) is 17.3 Å². The van der Waals surface area contributed by atoms with Crippen LogP contribution in [0.1, 0.15) is 11.1 Å². The van der Waals surface area contributed by atoms with Gasteiger partial charge >= 0.3 is 0 Å². The van der Waals surface area contributed by atoms with Gasteiger partial charge in [0, 0.05) is 5.69 Å². The number of amides is 2. The van der Waals surface area contributed by atoms with Crippen molar-refractivity contribution in [1.82, 2.24) is 4.90 Å². The molecule has 5 nitrogen and oxygen atoms in total. The minimum Gasteiger partial charge on any atom is -0.497 e. The molecule has 0 bridgehead atoms. The Hall–Kier alpha value is -3.93. The zero-order chi connectivity index (χ0) is 21.1. The van der Waals surface area contributed by atoms with Gasteiger partial charge in [0.05, 0.1) is 19.2 Å². The summed E-state index contributed by atoms with van der Waals surface area (Å²) in [7, 11) is 1.57. The second kappa shape index (κ2) is 8.21. The van der Waals surface area contributed by atoms with Gasteiger partial charge in [-0.2, -0.15) is 0 Å². The van der Waals surface area contributed by atoms with Crippen LogP contribution in [-0.4, -0.2) is 23.8 Å². The van der Waals surface area contributed by atoms with Crippen LogP contribution in [0.2, 0.25) is 0 Å². The van der Waals surface area contributed by atoms with E-state index >= 15 is 0 Å². The summed E-state index contributed by atoms with van der Waals surface area (Å²) >= 11 is 0. The average molecular weight is 402 g/mol. The molecule has 4 rings (SSSR count). The monoisotopic (exact) mass is 402 g/mol. The van der Waals surface area contributed by atoms with Gasteiger partial charge < -0.3 is 10.1 Å². The van der Waals surface area contributed by atoms with Crippen molar-refractivity contribution in [1.29, 1.82) is 0 Å². The molecule has 0 atom stereocenters. The molecule has 0 fully saturated rings. The number of ether oxygens (including phenoxy) is 1. The van der Waals surface area contributed by atoms with Crippen molar-refractivity contribution in [3.63, 3.8) is 0 Å². The molecule has 1 N–H and O–H groups in total. The van der Waals surface area contributed by atoms with Crippen LogP contribution in [0.15, 0.2) is 84.6 Å². The van der Waals surface area contributed by atoms with Crippen LogP contribution in [0.4, 0.5) is 10.1 Å². The van der Waals surface area contributed by atoms with E-state index in [4.69, 9.17) is 4.74 Å². The zero-order valence-electron chi connectivity index (χ0n) is 16.3. The molecule has 3 aromatic rings. The van der Waals surface area contributed by atoms with Crippen LogP contribution in [0.3, 0.4) is 0 Å². The second-order valence-electron chi connectivity index (χ2n) is 6.79. The Morgan fingerprint density at radius 2 is 1.53 bits per heavy atom. The lowest BCUT2D eigenvalue weighted by Crippen LogP contribution is -2.32. The quantitative estimate of drug-likeness (QED) is 0.627. The first-order valence-electron chi connectivity index (χ1n) is 9.38. The molecule has 0 saturated carbocycles. The zero-order valence-corrected chi connectivity index (χ0v) is 16.3. The Balaban J connectivity index is 1.69. The van der Waals surface area contributed by atoms with Gasteiger partial charge in [-0.05, 0) is 47.5 Å². The lowest BCUT2D eigenvalue weighted by atomic mass is 10.0. The number of anilines is 1. The van der Waals surface area contributed by atoms with Gasteiger partial charge in [-0.3, -0.25) is 14.5 Å². The van der Waals surface area contributed by atoms with Crippen molar-refractivity contribution in [3.8, 4) is 5.75 Å².